The molecule has 1 heterocycles. The van der Waals surface area contributed by atoms with E-state index in [9.17, 15) is 10.1 Å². The minimum Gasteiger partial charge on any atom is -0.493 e. The normalized spacial score (nSPS) is 10.2. The molecule has 4 rings (SSSR count). The van der Waals surface area contributed by atoms with Gasteiger partial charge in [-0.2, -0.15) is 10.4 Å². The highest BCUT2D eigenvalue weighted by atomic mass is 16.5. The zero-order valence-electron chi connectivity index (χ0n) is 18.1. The summed E-state index contributed by atoms with van der Waals surface area (Å²) in [5, 5.41) is 19.6. The summed E-state index contributed by atoms with van der Waals surface area (Å²) < 4.78 is 12.4. The number of nitrogens with zero attached hydrogens (tertiary/aromatic N) is 3. The maximum absolute atomic E-state index is 12.8. The number of amides is 2. The Balaban J connectivity index is 1.71. The molecule has 164 valence electrons. The van der Waals surface area contributed by atoms with Crippen molar-refractivity contribution in [1.29, 1.82) is 5.26 Å². The first kappa shape index (κ1) is 21.5. The molecule has 0 radical (unpaired) electrons. The Morgan fingerprint density at radius 3 is 2.33 bits per heavy atom. The number of rotatable bonds is 6. The Labute approximate surface area is 191 Å². The van der Waals surface area contributed by atoms with Gasteiger partial charge in [-0.3, -0.25) is 0 Å². The number of hydrogen-bond donors (Lipinski definition) is 2. The van der Waals surface area contributed by atoms with Crippen LogP contribution in [0.15, 0.2) is 79.0 Å². The molecule has 0 bridgehead atoms. The number of nitriles is 1. The third-order valence-corrected chi connectivity index (χ3v) is 4.94. The van der Waals surface area contributed by atoms with Crippen molar-refractivity contribution in [2.75, 3.05) is 24.9 Å². The molecule has 0 aliphatic heterocycles. The average molecular weight is 439 g/mol. The smallest absolute Gasteiger partial charge is 0.323 e. The zero-order valence-corrected chi connectivity index (χ0v) is 18.1. The van der Waals surface area contributed by atoms with E-state index >= 15 is 0 Å². The highest BCUT2D eigenvalue weighted by Gasteiger charge is 2.17. The summed E-state index contributed by atoms with van der Waals surface area (Å²) in [5.74, 6) is 1.13. The van der Waals surface area contributed by atoms with Gasteiger partial charge in [0.25, 0.3) is 0 Å². The molecule has 4 aromatic rings. The van der Waals surface area contributed by atoms with Crippen molar-refractivity contribution in [2.24, 2.45) is 0 Å². The Morgan fingerprint density at radius 1 is 0.909 bits per heavy atom. The van der Waals surface area contributed by atoms with Crippen LogP contribution in [-0.2, 0) is 0 Å². The van der Waals surface area contributed by atoms with Crippen molar-refractivity contribution in [3.05, 3.63) is 84.6 Å². The van der Waals surface area contributed by atoms with Gasteiger partial charge in [0.05, 0.1) is 43.0 Å². The van der Waals surface area contributed by atoms with Crippen LogP contribution in [0.4, 0.5) is 16.2 Å². The SMILES string of the molecule is COc1ccc(-c2nn(-c3ccccc3)cc2NC(=O)Nc2ccccc2C#N)cc1OC. The van der Waals surface area contributed by atoms with Crippen LogP contribution in [0.3, 0.4) is 0 Å². The third-order valence-electron chi connectivity index (χ3n) is 4.94. The molecule has 33 heavy (non-hydrogen) atoms. The lowest BCUT2D eigenvalue weighted by Gasteiger charge is -2.11. The van der Waals surface area contributed by atoms with Crippen LogP contribution in [0.2, 0.25) is 0 Å². The van der Waals surface area contributed by atoms with Crippen LogP contribution < -0.4 is 20.1 Å². The summed E-state index contributed by atoms with van der Waals surface area (Å²) >= 11 is 0. The molecule has 0 aliphatic carbocycles. The Morgan fingerprint density at radius 2 is 1.61 bits per heavy atom. The number of aromatic nitrogens is 2. The van der Waals surface area contributed by atoms with Crippen molar-refractivity contribution < 1.29 is 14.3 Å². The van der Waals surface area contributed by atoms with Gasteiger partial charge < -0.3 is 20.1 Å². The molecule has 0 atom stereocenters. The number of nitrogens with one attached hydrogen (secondary N) is 2. The largest absolute Gasteiger partial charge is 0.493 e. The van der Waals surface area contributed by atoms with Crippen molar-refractivity contribution in [3.8, 4) is 34.5 Å². The quantitative estimate of drug-likeness (QED) is 0.437. The monoisotopic (exact) mass is 439 g/mol. The number of hydrogen-bond acceptors (Lipinski definition) is 5. The summed E-state index contributed by atoms with van der Waals surface area (Å²) in [7, 11) is 3.13. The second-order valence-electron chi connectivity index (χ2n) is 6.98. The van der Waals surface area contributed by atoms with E-state index in [0.717, 1.165) is 11.3 Å². The molecule has 0 fully saturated rings. The predicted molar refractivity (Wildman–Crippen MR) is 126 cm³/mol. The van der Waals surface area contributed by atoms with Crippen molar-refractivity contribution >= 4 is 17.4 Å². The minimum atomic E-state index is -0.493. The molecule has 3 aromatic carbocycles. The number of methoxy groups -OCH3 is 2. The second-order valence-corrected chi connectivity index (χ2v) is 6.98. The lowest BCUT2D eigenvalue weighted by molar-refractivity contribution is 0.262. The summed E-state index contributed by atoms with van der Waals surface area (Å²) in [4.78, 5) is 12.8. The van der Waals surface area contributed by atoms with Gasteiger partial charge in [-0.15, -0.1) is 0 Å². The number of anilines is 2. The molecule has 0 unspecified atom stereocenters. The highest BCUT2D eigenvalue weighted by molar-refractivity contribution is 6.02. The number of benzene rings is 3. The van der Waals surface area contributed by atoms with E-state index < -0.39 is 6.03 Å². The first-order valence-corrected chi connectivity index (χ1v) is 10.1. The van der Waals surface area contributed by atoms with Gasteiger partial charge in [0.2, 0.25) is 0 Å². The fourth-order valence-corrected chi connectivity index (χ4v) is 3.34. The molecular weight excluding hydrogens is 418 g/mol. The Kier molecular flexibility index (Phi) is 6.23. The predicted octanol–water partition coefficient (Wildman–Crippen LogP) is 5.07. The number of urea groups is 1. The Hall–Kier alpha value is -4.77. The molecule has 1 aromatic heterocycles. The molecule has 0 aliphatic rings. The summed E-state index contributed by atoms with van der Waals surface area (Å²) in [6, 6.07) is 23.3. The van der Waals surface area contributed by atoms with Gasteiger partial charge in [-0.05, 0) is 42.5 Å². The van der Waals surface area contributed by atoms with Crippen molar-refractivity contribution in [2.45, 2.75) is 0 Å². The molecule has 0 saturated carbocycles. The Bertz CT molecular complexity index is 1330. The standard InChI is InChI=1S/C25H21N5O3/c1-32-22-13-12-17(14-23(22)33-2)24-21(16-30(29-24)19-9-4-3-5-10-19)28-25(31)27-20-11-7-6-8-18(20)15-26/h3-14,16H,1-2H3,(H2,27,28,31). The van der Waals surface area contributed by atoms with E-state index in [4.69, 9.17) is 14.6 Å². The van der Waals surface area contributed by atoms with Crippen molar-refractivity contribution in [1.82, 2.24) is 9.78 Å². The average Bonchev–Trinajstić information content (AvgIpc) is 3.28. The first-order valence-electron chi connectivity index (χ1n) is 10.1. The molecular formula is C25H21N5O3. The molecule has 2 N–H and O–H groups in total. The summed E-state index contributed by atoms with van der Waals surface area (Å²) in [5.41, 5.74) is 3.38. The summed E-state index contributed by atoms with van der Waals surface area (Å²) in [6.45, 7) is 0. The number of carbonyl (C=O) groups is 1. The highest BCUT2D eigenvalue weighted by Crippen LogP contribution is 2.35. The fraction of sp³-hybridized carbons (Fsp3) is 0.0800. The second kappa shape index (κ2) is 9.58. The third kappa shape index (κ3) is 4.62. The fourth-order valence-electron chi connectivity index (χ4n) is 3.34. The first-order chi connectivity index (χ1) is 16.1. The lowest BCUT2D eigenvalue weighted by Crippen LogP contribution is -2.20. The van der Waals surface area contributed by atoms with Gasteiger partial charge in [0.15, 0.2) is 11.5 Å². The van der Waals surface area contributed by atoms with Crippen LogP contribution in [0.25, 0.3) is 16.9 Å². The van der Waals surface area contributed by atoms with Crippen LogP contribution in [0.1, 0.15) is 5.56 Å². The molecule has 0 spiro atoms. The number of carbonyl (C=O) groups excluding carboxylic acids is 1. The molecule has 8 heteroatoms. The van der Waals surface area contributed by atoms with E-state index in [1.54, 1.807) is 61.5 Å². The zero-order chi connectivity index (χ0) is 23.2. The van der Waals surface area contributed by atoms with Gasteiger partial charge in [-0.1, -0.05) is 30.3 Å². The van der Waals surface area contributed by atoms with Gasteiger partial charge >= 0.3 is 6.03 Å². The van der Waals surface area contributed by atoms with E-state index in [1.807, 2.05) is 36.4 Å². The lowest BCUT2D eigenvalue weighted by atomic mass is 10.1. The van der Waals surface area contributed by atoms with E-state index in [2.05, 4.69) is 16.7 Å². The van der Waals surface area contributed by atoms with Crippen LogP contribution in [-0.4, -0.2) is 30.0 Å². The van der Waals surface area contributed by atoms with Crippen molar-refractivity contribution in [3.63, 3.8) is 0 Å². The van der Waals surface area contributed by atoms with Gasteiger partial charge in [-0.25, -0.2) is 9.48 Å². The van der Waals surface area contributed by atoms with E-state index in [1.165, 1.54) is 0 Å². The van der Waals surface area contributed by atoms with Crippen LogP contribution in [0, 0.1) is 11.3 Å². The van der Waals surface area contributed by atoms with E-state index in [0.29, 0.717) is 34.1 Å². The van der Waals surface area contributed by atoms with Gasteiger partial charge in [0.1, 0.15) is 11.8 Å². The number of para-hydroxylation sites is 2. The minimum absolute atomic E-state index is 0.368. The van der Waals surface area contributed by atoms with E-state index in [-0.39, 0.29) is 0 Å². The van der Waals surface area contributed by atoms with Gasteiger partial charge in [0, 0.05) is 5.56 Å². The molecule has 2 amide bonds. The maximum Gasteiger partial charge on any atom is 0.323 e. The van der Waals surface area contributed by atoms with Crippen LogP contribution >= 0.6 is 0 Å². The molecule has 0 saturated heterocycles. The summed E-state index contributed by atoms with van der Waals surface area (Å²) in [6.07, 6.45) is 1.73. The number of ether oxygens (including phenoxy) is 2. The molecule has 8 nitrogen and oxygen atoms in total. The maximum atomic E-state index is 12.8. The van der Waals surface area contributed by atoms with Crippen LogP contribution in [0.5, 0.6) is 11.5 Å². The topological polar surface area (TPSA) is 101 Å².